The Balaban J connectivity index is 2.53. The zero-order valence-electron chi connectivity index (χ0n) is 10.2. The van der Waals surface area contributed by atoms with E-state index >= 15 is 0 Å². The molecule has 0 amide bonds. The van der Waals surface area contributed by atoms with Gasteiger partial charge in [0.05, 0.1) is 5.69 Å². The van der Waals surface area contributed by atoms with E-state index in [1.165, 1.54) is 6.42 Å². The number of hydrogen-bond acceptors (Lipinski definition) is 3. The van der Waals surface area contributed by atoms with Gasteiger partial charge in [-0.1, -0.05) is 25.5 Å². The quantitative estimate of drug-likeness (QED) is 0.771. The van der Waals surface area contributed by atoms with Crippen molar-refractivity contribution in [3.8, 4) is 0 Å². The number of nitrogens with one attached hydrogen (secondary N) is 1. The van der Waals surface area contributed by atoms with Gasteiger partial charge in [0.15, 0.2) is 0 Å². The fourth-order valence-corrected chi connectivity index (χ4v) is 1.92. The van der Waals surface area contributed by atoms with Gasteiger partial charge < -0.3 is 5.32 Å². The van der Waals surface area contributed by atoms with Gasteiger partial charge in [0, 0.05) is 19.3 Å². The number of rotatable bonds is 6. The fourth-order valence-electron chi connectivity index (χ4n) is 1.92. The molecule has 0 aliphatic rings. The molecule has 0 saturated carbocycles. The Labute approximate surface area is 92.1 Å². The van der Waals surface area contributed by atoms with E-state index in [4.69, 9.17) is 0 Å². The van der Waals surface area contributed by atoms with Crippen LogP contribution in [0.25, 0.3) is 0 Å². The lowest BCUT2D eigenvalue weighted by atomic mass is 9.93. The summed E-state index contributed by atoms with van der Waals surface area (Å²) < 4.78 is 1.76. The molecule has 2 atom stereocenters. The van der Waals surface area contributed by atoms with Crippen molar-refractivity contribution in [2.45, 2.75) is 39.7 Å². The Kier molecular flexibility index (Phi) is 4.75. The van der Waals surface area contributed by atoms with Gasteiger partial charge in [-0.15, -0.1) is 5.10 Å². The average molecular weight is 210 g/mol. The van der Waals surface area contributed by atoms with Crippen molar-refractivity contribution in [1.29, 1.82) is 0 Å². The minimum atomic E-state index is 0.544. The summed E-state index contributed by atoms with van der Waals surface area (Å²) in [6.45, 7) is 7.65. The zero-order chi connectivity index (χ0) is 11.3. The summed E-state index contributed by atoms with van der Waals surface area (Å²) in [5, 5.41) is 11.6. The van der Waals surface area contributed by atoms with Gasteiger partial charge in [-0.2, -0.15) is 0 Å². The molecule has 0 bridgehead atoms. The summed E-state index contributed by atoms with van der Waals surface area (Å²) in [6, 6.07) is 0.544. The third-order valence-corrected chi connectivity index (χ3v) is 2.88. The van der Waals surface area contributed by atoms with Crippen LogP contribution >= 0.6 is 0 Å². The van der Waals surface area contributed by atoms with Gasteiger partial charge in [0.2, 0.25) is 0 Å². The maximum atomic E-state index is 4.13. The van der Waals surface area contributed by atoms with Crippen molar-refractivity contribution in [3.05, 3.63) is 11.9 Å². The summed E-state index contributed by atoms with van der Waals surface area (Å²) in [5.74, 6) is 0.640. The molecule has 0 aliphatic carbocycles. The summed E-state index contributed by atoms with van der Waals surface area (Å²) in [5.41, 5.74) is 1.09. The summed E-state index contributed by atoms with van der Waals surface area (Å²) >= 11 is 0. The lowest BCUT2D eigenvalue weighted by Crippen LogP contribution is -2.34. The lowest BCUT2D eigenvalue weighted by Gasteiger charge is -2.22. The molecule has 86 valence electrons. The van der Waals surface area contributed by atoms with Crippen LogP contribution in [0.3, 0.4) is 0 Å². The molecule has 0 spiro atoms. The highest BCUT2D eigenvalue weighted by molar-refractivity contribution is 4.95. The monoisotopic (exact) mass is 210 g/mol. The van der Waals surface area contributed by atoms with E-state index in [-0.39, 0.29) is 0 Å². The Morgan fingerprint density at radius 3 is 2.67 bits per heavy atom. The molecule has 4 nitrogen and oxygen atoms in total. The van der Waals surface area contributed by atoms with Crippen molar-refractivity contribution in [2.24, 2.45) is 13.0 Å². The van der Waals surface area contributed by atoms with E-state index in [0.717, 1.165) is 18.7 Å². The van der Waals surface area contributed by atoms with Crippen molar-refractivity contribution in [3.63, 3.8) is 0 Å². The fraction of sp³-hybridized carbons (Fsp3) is 0.818. The molecule has 0 radical (unpaired) electrons. The predicted octanol–water partition coefficient (Wildman–Crippen LogP) is 1.38. The van der Waals surface area contributed by atoms with Crippen molar-refractivity contribution < 1.29 is 0 Å². The van der Waals surface area contributed by atoms with Crippen molar-refractivity contribution in [2.75, 3.05) is 6.54 Å². The lowest BCUT2D eigenvalue weighted by molar-refractivity contribution is 0.365. The van der Waals surface area contributed by atoms with E-state index < -0.39 is 0 Å². The summed E-state index contributed by atoms with van der Waals surface area (Å²) in [4.78, 5) is 0. The van der Waals surface area contributed by atoms with Crippen LogP contribution in [0.5, 0.6) is 0 Å². The Morgan fingerprint density at radius 2 is 2.20 bits per heavy atom. The highest BCUT2D eigenvalue weighted by atomic mass is 15.4. The molecule has 1 heterocycles. The highest BCUT2D eigenvalue weighted by Crippen LogP contribution is 2.14. The minimum absolute atomic E-state index is 0.544. The van der Waals surface area contributed by atoms with Crippen molar-refractivity contribution >= 4 is 0 Å². The van der Waals surface area contributed by atoms with E-state index in [2.05, 4.69) is 36.4 Å². The Hall–Kier alpha value is -0.900. The van der Waals surface area contributed by atoms with Gasteiger partial charge >= 0.3 is 0 Å². The second-order valence-corrected chi connectivity index (χ2v) is 4.10. The first-order valence-corrected chi connectivity index (χ1v) is 5.75. The predicted molar refractivity (Wildman–Crippen MR) is 61.6 cm³/mol. The van der Waals surface area contributed by atoms with Gasteiger partial charge in [-0.25, -0.2) is 0 Å². The van der Waals surface area contributed by atoms with Crippen LogP contribution in [0, 0.1) is 5.92 Å². The molecule has 1 aromatic heterocycles. The molecule has 0 aliphatic heterocycles. The molecular formula is C11H22N4. The van der Waals surface area contributed by atoms with Crippen LogP contribution in [0.4, 0.5) is 0 Å². The molecular weight excluding hydrogens is 188 g/mol. The second kappa shape index (κ2) is 5.85. The van der Waals surface area contributed by atoms with Crippen LogP contribution in [0.15, 0.2) is 6.20 Å². The molecule has 2 unspecified atom stereocenters. The van der Waals surface area contributed by atoms with Crippen LogP contribution in [-0.2, 0) is 13.5 Å². The highest BCUT2D eigenvalue weighted by Gasteiger charge is 2.16. The topological polar surface area (TPSA) is 42.7 Å². The number of aryl methyl sites for hydroxylation is 1. The van der Waals surface area contributed by atoms with Crippen molar-refractivity contribution in [1.82, 2.24) is 20.3 Å². The molecule has 0 saturated heterocycles. The molecule has 0 aromatic carbocycles. The maximum Gasteiger partial charge on any atom is 0.0830 e. The van der Waals surface area contributed by atoms with Crippen LogP contribution < -0.4 is 5.32 Å². The number of nitrogens with zero attached hydrogens (tertiary/aromatic N) is 3. The Bertz CT molecular complexity index is 282. The molecule has 4 heteroatoms. The SMILES string of the molecule is CCNC(C)C(CC)Cc1cn(C)nn1. The van der Waals surface area contributed by atoms with Gasteiger partial charge in [0.25, 0.3) is 0 Å². The van der Waals surface area contributed by atoms with E-state index in [9.17, 15) is 0 Å². The average Bonchev–Trinajstić information content (AvgIpc) is 2.61. The smallest absolute Gasteiger partial charge is 0.0830 e. The maximum absolute atomic E-state index is 4.13. The van der Waals surface area contributed by atoms with Gasteiger partial charge in [-0.05, 0) is 25.8 Å². The summed E-state index contributed by atoms with van der Waals surface area (Å²) in [7, 11) is 1.91. The van der Waals surface area contributed by atoms with Crippen LogP contribution in [0.1, 0.15) is 32.9 Å². The first-order chi connectivity index (χ1) is 7.17. The van der Waals surface area contributed by atoms with Crippen LogP contribution in [-0.4, -0.2) is 27.6 Å². The number of aromatic nitrogens is 3. The molecule has 0 fully saturated rings. The second-order valence-electron chi connectivity index (χ2n) is 4.10. The third-order valence-electron chi connectivity index (χ3n) is 2.88. The standard InChI is InChI=1S/C11H22N4/c1-5-10(9(3)12-6-2)7-11-8-15(4)14-13-11/h8-10,12H,5-7H2,1-4H3. The zero-order valence-corrected chi connectivity index (χ0v) is 10.2. The van der Waals surface area contributed by atoms with Gasteiger partial charge in [-0.3, -0.25) is 4.68 Å². The first-order valence-electron chi connectivity index (χ1n) is 5.75. The Morgan fingerprint density at radius 1 is 1.47 bits per heavy atom. The first kappa shape index (κ1) is 12.2. The molecule has 15 heavy (non-hydrogen) atoms. The van der Waals surface area contributed by atoms with Crippen LogP contribution in [0.2, 0.25) is 0 Å². The summed E-state index contributed by atoms with van der Waals surface area (Å²) in [6.07, 6.45) is 4.19. The normalized spacial score (nSPS) is 15.2. The largest absolute Gasteiger partial charge is 0.314 e. The van der Waals surface area contributed by atoms with E-state index in [1.807, 2.05) is 13.2 Å². The molecule has 1 N–H and O–H groups in total. The van der Waals surface area contributed by atoms with E-state index in [0.29, 0.717) is 12.0 Å². The van der Waals surface area contributed by atoms with Gasteiger partial charge in [0.1, 0.15) is 0 Å². The van der Waals surface area contributed by atoms with E-state index in [1.54, 1.807) is 4.68 Å². The number of hydrogen-bond donors (Lipinski definition) is 1. The third kappa shape index (κ3) is 3.63. The molecule has 1 rings (SSSR count). The minimum Gasteiger partial charge on any atom is -0.314 e. The molecule has 1 aromatic rings.